The van der Waals surface area contributed by atoms with Crippen molar-refractivity contribution in [1.82, 2.24) is 0 Å². The van der Waals surface area contributed by atoms with Crippen LogP contribution >= 0.6 is 11.6 Å². The minimum absolute atomic E-state index is 0.0117. The van der Waals surface area contributed by atoms with E-state index in [1.165, 1.54) is 0 Å². The molecule has 1 rings (SSSR count). The normalized spacial score (nSPS) is 13.3. The second-order valence-corrected chi connectivity index (χ2v) is 6.31. The molecule has 0 fully saturated rings. The van der Waals surface area contributed by atoms with Gasteiger partial charge in [0.05, 0.1) is 18.0 Å². The van der Waals surface area contributed by atoms with Gasteiger partial charge in [-0.25, -0.2) is 8.42 Å². The Kier molecular flexibility index (Phi) is 5.91. The Morgan fingerprint density at radius 1 is 1.39 bits per heavy atom. The fourth-order valence-electron chi connectivity index (χ4n) is 1.53. The van der Waals surface area contributed by atoms with Crippen LogP contribution in [0.15, 0.2) is 24.3 Å². The molecule has 0 spiro atoms. The molecule has 0 radical (unpaired) electrons. The highest BCUT2D eigenvalue weighted by molar-refractivity contribution is 7.92. The van der Waals surface area contributed by atoms with E-state index in [9.17, 15) is 8.42 Å². The summed E-state index contributed by atoms with van der Waals surface area (Å²) in [4.78, 5) is 0. The zero-order valence-corrected chi connectivity index (χ0v) is 12.1. The highest BCUT2D eigenvalue weighted by Gasteiger charge is 2.16. The van der Waals surface area contributed by atoms with Crippen LogP contribution in [0.1, 0.15) is 12.5 Å². The third kappa shape index (κ3) is 4.84. The molecule has 0 aliphatic rings. The topological polar surface area (TPSA) is 55.4 Å². The lowest BCUT2D eigenvalue weighted by molar-refractivity contribution is 0.185. The molecule has 1 aromatic rings. The Balaban J connectivity index is 2.83. The van der Waals surface area contributed by atoms with Crippen molar-refractivity contribution < 1.29 is 13.2 Å². The van der Waals surface area contributed by atoms with Gasteiger partial charge in [-0.3, -0.25) is 4.72 Å². The van der Waals surface area contributed by atoms with Crippen LogP contribution in [0.4, 0.5) is 5.69 Å². The second kappa shape index (κ2) is 6.97. The summed E-state index contributed by atoms with van der Waals surface area (Å²) in [6, 6.07) is 7.17. The van der Waals surface area contributed by atoms with E-state index in [0.29, 0.717) is 18.2 Å². The number of benzene rings is 1. The maximum absolute atomic E-state index is 11.9. The third-order valence-electron chi connectivity index (χ3n) is 2.35. The molecule has 4 nitrogen and oxygen atoms in total. The smallest absolute Gasteiger partial charge is 0.233 e. The number of rotatable bonds is 7. The Bertz CT molecular complexity index is 476. The van der Waals surface area contributed by atoms with Crippen LogP contribution in [-0.2, 0) is 21.4 Å². The molecule has 0 amide bonds. The third-order valence-corrected chi connectivity index (χ3v) is 4.42. The van der Waals surface area contributed by atoms with E-state index in [2.05, 4.69) is 4.72 Å². The van der Waals surface area contributed by atoms with Crippen molar-refractivity contribution in [3.63, 3.8) is 0 Å². The molecule has 0 bridgehead atoms. The van der Waals surface area contributed by atoms with Crippen LogP contribution in [0.5, 0.6) is 0 Å². The van der Waals surface area contributed by atoms with Gasteiger partial charge in [0, 0.05) is 18.6 Å². The van der Waals surface area contributed by atoms with Crippen LogP contribution < -0.4 is 4.72 Å². The van der Waals surface area contributed by atoms with Crippen molar-refractivity contribution in [3.8, 4) is 0 Å². The quantitative estimate of drug-likeness (QED) is 0.785. The van der Waals surface area contributed by atoms with Crippen LogP contribution in [0.25, 0.3) is 0 Å². The van der Waals surface area contributed by atoms with E-state index in [0.717, 1.165) is 5.56 Å². The summed E-state index contributed by atoms with van der Waals surface area (Å²) in [5, 5.41) is 0. The van der Waals surface area contributed by atoms with Crippen molar-refractivity contribution in [3.05, 3.63) is 29.8 Å². The summed E-state index contributed by atoms with van der Waals surface area (Å²) >= 11 is 5.63. The summed E-state index contributed by atoms with van der Waals surface area (Å²) in [5.74, 6) is 0.247. The molecule has 1 N–H and O–H groups in total. The van der Waals surface area contributed by atoms with Gasteiger partial charge in [0.1, 0.15) is 0 Å². The maximum atomic E-state index is 11.9. The first-order valence-electron chi connectivity index (χ1n) is 5.62. The standard InChI is InChI=1S/C12H18ClNO3S/c1-10(7-13)9-18(15,16)14-12-6-4-3-5-11(12)8-17-2/h3-6,10,14H,7-9H2,1-2H3. The van der Waals surface area contributed by atoms with Crippen LogP contribution in [0, 0.1) is 5.92 Å². The molecule has 18 heavy (non-hydrogen) atoms. The zero-order chi connectivity index (χ0) is 13.6. The molecule has 0 aliphatic heterocycles. The molecule has 1 atom stereocenters. The lowest BCUT2D eigenvalue weighted by Gasteiger charge is -2.14. The van der Waals surface area contributed by atoms with Gasteiger partial charge in [-0.1, -0.05) is 25.1 Å². The number of halogens is 1. The van der Waals surface area contributed by atoms with Crippen molar-refractivity contribution in [2.45, 2.75) is 13.5 Å². The first kappa shape index (κ1) is 15.3. The molecule has 102 valence electrons. The van der Waals surface area contributed by atoms with Crippen molar-refractivity contribution in [1.29, 1.82) is 0 Å². The van der Waals surface area contributed by atoms with E-state index in [1.54, 1.807) is 26.2 Å². The number of anilines is 1. The van der Waals surface area contributed by atoms with Gasteiger partial charge >= 0.3 is 0 Å². The van der Waals surface area contributed by atoms with E-state index in [1.807, 2.05) is 12.1 Å². The lowest BCUT2D eigenvalue weighted by Crippen LogP contribution is -2.22. The van der Waals surface area contributed by atoms with Crippen molar-refractivity contribution in [2.24, 2.45) is 5.92 Å². The number of nitrogens with one attached hydrogen (secondary N) is 1. The molecule has 1 aromatic carbocycles. The van der Waals surface area contributed by atoms with E-state index in [-0.39, 0.29) is 11.7 Å². The van der Waals surface area contributed by atoms with Gasteiger partial charge < -0.3 is 4.74 Å². The number of hydrogen-bond donors (Lipinski definition) is 1. The number of alkyl halides is 1. The minimum atomic E-state index is -3.38. The second-order valence-electron chi connectivity index (χ2n) is 4.23. The summed E-state index contributed by atoms with van der Waals surface area (Å²) in [6.45, 7) is 2.16. The number of sulfonamides is 1. The van der Waals surface area contributed by atoms with E-state index in [4.69, 9.17) is 16.3 Å². The first-order chi connectivity index (χ1) is 8.48. The average molecular weight is 292 g/mol. The van der Waals surface area contributed by atoms with Crippen molar-refractivity contribution in [2.75, 3.05) is 23.5 Å². The predicted molar refractivity (Wildman–Crippen MR) is 74.4 cm³/mol. The van der Waals surface area contributed by atoms with Crippen LogP contribution in [0.3, 0.4) is 0 Å². The summed E-state index contributed by atoms with van der Waals surface area (Å²) in [6.07, 6.45) is 0. The maximum Gasteiger partial charge on any atom is 0.233 e. The fraction of sp³-hybridized carbons (Fsp3) is 0.500. The Morgan fingerprint density at radius 3 is 2.67 bits per heavy atom. The number of hydrogen-bond acceptors (Lipinski definition) is 3. The number of ether oxygens (including phenoxy) is 1. The van der Waals surface area contributed by atoms with Crippen molar-refractivity contribution >= 4 is 27.3 Å². The number of methoxy groups -OCH3 is 1. The van der Waals surface area contributed by atoms with Gasteiger partial charge in [0.15, 0.2) is 0 Å². The van der Waals surface area contributed by atoms with Gasteiger partial charge in [0.2, 0.25) is 10.0 Å². The van der Waals surface area contributed by atoms with Gasteiger partial charge in [-0.15, -0.1) is 11.6 Å². The van der Waals surface area contributed by atoms with Gasteiger partial charge in [-0.2, -0.15) is 0 Å². The summed E-state index contributed by atoms with van der Waals surface area (Å²) in [5.41, 5.74) is 1.36. The molecule has 6 heteroatoms. The minimum Gasteiger partial charge on any atom is -0.380 e. The molecule has 0 aliphatic carbocycles. The van der Waals surface area contributed by atoms with Gasteiger partial charge in [-0.05, 0) is 12.0 Å². The number of para-hydroxylation sites is 1. The van der Waals surface area contributed by atoms with E-state index >= 15 is 0 Å². The SMILES string of the molecule is COCc1ccccc1NS(=O)(=O)CC(C)CCl. The Hall–Kier alpha value is -0.780. The largest absolute Gasteiger partial charge is 0.380 e. The summed E-state index contributed by atoms with van der Waals surface area (Å²) in [7, 11) is -1.81. The monoisotopic (exact) mass is 291 g/mol. The molecule has 0 saturated carbocycles. The summed E-state index contributed by atoms with van der Waals surface area (Å²) < 4.78 is 31.4. The highest BCUT2D eigenvalue weighted by atomic mass is 35.5. The molecular weight excluding hydrogens is 274 g/mol. The van der Waals surface area contributed by atoms with E-state index < -0.39 is 10.0 Å². The molecular formula is C12H18ClNO3S. The van der Waals surface area contributed by atoms with Crippen LogP contribution in [0.2, 0.25) is 0 Å². The molecule has 0 heterocycles. The predicted octanol–water partition coefficient (Wildman–Crippen LogP) is 2.45. The average Bonchev–Trinajstić information content (AvgIpc) is 2.31. The lowest BCUT2D eigenvalue weighted by atomic mass is 10.2. The first-order valence-corrected chi connectivity index (χ1v) is 7.80. The fourth-order valence-corrected chi connectivity index (χ4v) is 3.25. The Labute approximate surface area is 113 Å². The van der Waals surface area contributed by atoms with Gasteiger partial charge in [0.25, 0.3) is 0 Å². The highest BCUT2D eigenvalue weighted by Crippen LogP contribution is 2.18. The molecule has 0 aromatic heterocycles. The molecule has 0 saturated heterocycles. The molecule has 1 unspecified atom stereocenters. The van der Waals surface area contributed by atoms with Crippen LogP contribution in [-0.4, -0.2) is 27.2 Å². The Morgan fingerprint density at radius 2 is 2.06 bits per heavy atom. The zero-order valence-electron chi connectivity index (χ0n) is 10.5.